The fourth-order valence-corrected chi connectivity index (χ4v) is 7.42. The van der Waals surface area contributed by atoms with Crippen LogP contribution in [0.3, 0.4) is 0 Å². The summed E-state index contributed by atoms with van der Waals surface area (Å²) in [6.07, 6.45) is 1.16. The summed E-state index contributed by atoms with van der Waals surface area (Å²) < 4.78 is 11.1. The van der Waals surface area contributed by atoms with Crippen LogP contribution in [-0.2, 0) is 17.6 Å². The first kappa shape index (κ1) is 27.4. The second-order valence-electron chi connectivity index (χ2n) is 11.3. The van der Waals surface area contributed by atoms with Crippen molar-refractivity contribution in [3.63, 3.8) is 0 Å². The van der Waals surface area contributed by atoms with Crippen LogP contribution in [0.1, 0.15) is 59.3 Å². The summed E-state index contributed by atoms with van der Waals surface area (Å²) in [7, 11) is 5.10. The number of nitrogens with two attached hydrogens (primary N) is 1. The largest absolute Gasteiger partial charge is 0.507 e. The van der Waals surface area contributed by atoms with Gasteiger partial charge in [0, 0.05) is 46.9 Å². The van der Waals surface area contributed by atoms with Crippen LogP contribution in [0.5, 0.6) is 28.7 Å². The van der Waals surface area contributed by atoms with Crippen molar-refractivity contribution in [3.05, 3.63) is 39.4 Å². The molecule has 10 nitrogen and oxygen atoms in total. The van der Waals surface area contributed by atoms with Crippen molar-refractivity contribution < 1.29 is 29.6 Å². The minimum Gasteiger partial charge on any atom is -0.507 e. The van der Waals surface area contributed by atoms with Gasteiger partial charge in [0.05, 0.1) is 32.3 Å². The summed E-state index contributed by atoms with van der Waals surface area (Å²) in [5, 5.41) is 37.2. The quantitative estimate of drug-likeness (QED) is 0.361. The molecule has 1 unspecified atom stereocenters. The minimum absolute atomic E-state index is 0.0214. The van der Waals surface area contributed by atoms with Gasteiger partial charge in [-0.2, -0.15) is 0 Å². The lowest BCUT2D eigenvalue weighted by atomic mass is 9.71. The van der Waals surface area contributed by atoms with Gasteiger partial charge in [-0.1, -0.05) is 6.07 Å². The fourth-order valence-electron chi connectivity index (χ4n) is 7.42. The molecule has 1 fully saturated rings. The Morgan fingerprint density at radius 1 is 1.08 bits per heavy atom. The van der Waals surface area contributed by atoms with Crippen molar-refractivity contribution in [1.82, 2.24) is 15.1 Å². The van der Waals surface area contributed by atoms with Crippen LogP contribution in [0.2, 0.25) is 0 Å². The van der Waals surface area contributed by atoms with Gasteiger partial charge in [-0.05, 0) is 58.7 Å². The lowest BCUT2D eigenvalue weighted by Crippen LogP contribution is -2.68. The van der Waals surface area contributed by atoms with E-state index in [0.29, 0.717) is 28.9 Å². The molecule has 10 heteroatoms. The monoisotopic (exact) mass is 540 g/mol. The number of carbonyl (C=O) groups excluding carboxylic acids is 1. The minimum atomic E-state index is -0.692. The molecule has 39 heavy (non-hydrogen) atoms. The molecule has 0 radical (unpaired) electrons. The lowest BCUT2D eigenvalue weighted by Gasteiger charge is -2.61. The number of phenols is 3. The molecule has 3 heterocycles. The van der Waals surface area contributed by atoms with E-state index in [2.05, 4.69) is 35.2 Å². The number of aryl methyl sites for hydroxylation is 1. The molecular formula is C29H40N4O6. The molecule has 212 valence electrons. The number of piperazine rings is 1. The number of ether oxygens (including phenoxy) is 2. The molecule has 0 spiro atoms. The molecule has 3 aliphatic rings. The first-order valence-corrected chi connectivity index (χ1v) is 13.5. The van der Waals surface area contributed by atoms with Crippen LogP contribution < -0.4 is 20.5 Å². The Bertz CT molecular complexity index is 1330. The van der Waals surface area contributed by atoms with Crippen molar-refractivity contribution in [2.75, 3.05) is 27.8 Å². The number of aromatic hydroxyl groups is 3. The Morgan fingerprint density at radius 3 is 2.33 bits per heavy atom. The Kier molecular flexibility index (Phi) is 6.85. The maximum Gasteiger partial charge on any atom is 0.236 e. The second-order valence-corrected chi connectivity index (χ2v) is 11.3. The first-order valence-electron chi connectivity index (χ1n) is 13.5. The highest BCUT2D eigenvalue weighted by molar-refractivity contribution is 5.81. The number of likely N-dealkylation sites (N-methyl/N-ethyl adjacent to an activating group) is 1. The van der Waals surface area contributed by atoms with Gasteiger partial charge in [0.15, 0.2) is 23.0 Å². The molecule has 1 saturated heterocycles. The number of fused-ring (bicyclic) bond motifs is 7. The van der Waals surface area contributed by atoms with Crippen molar-refractivity contribution in [1.29, 1.82) is 0 Å². The predicted octanol–water partition coefficient (Wildman–Crippen LogP) is 2.17. The number of phenolic OH excluding ortho intramolecular Hbond substituents is 3. The van der Waals surface area contributed by atoms with Crippen molar-refractivity contribution >= 4 is 5.91 Å². The highest BCUT2D eigenvalue weighted by Gasteiger charge is 2.54. The molecule has 2 aromatic rings. The Labute approximate surface area is 229 Å². The van der Waals surface area contributed by atoms with Gasteiger partial charge in [-0.15, -0.1) is 0 Å². The Hall–Kier alpha value is -3.21. The van der Waals surface area contributed by atoms with E-state index in [0.717, 1.165) is 23.1 Å². The van der Waals surface area contributed by atoms with E-state index in [9.17, 15) is 20.1 Å². The average Bonchev–Trinajstić information content (AvgIpc) is 2.88. The number of rotatable bonds is 5. The van der Waals surface area contributed by atoms with E-state index >= 15 is 0 Å². The number of benzene rings is 2. The van der Waals surface area contributed by atoms with E-state index in [1.807, 2.05) is 6.92 Å². The number of methoxy groups -OCH3 is 2. The van der Waals surface area contributed by atoms with E-state index in [-0.39, 0.29) is 59.6 Å². The summed E-state index contributed by atoms with van der Waals surface area (Å²) in [6, 6.07) is 0.692. The summed E-state index contributed by atoms with van der Waals surface area (Å²) >= 11 is 0. The van der Waals surface area contributed by atoms with Crippen molar-refractivity contribution in [2.45, 2.75) is 76.8 Å². The van der Waals surface area contributed by atoms with Crippen LogP contribution in [0.4, 0.5) is 0 Å². The highest BCUT2D eigenvalue weighted by Crippen LogP contribution is 2.57. The molecular weight excluding hydrogens is 500 g/mol. The van der Waals surface area contributed by atoms with Crippen LogP contribution in [-0.4, -0.2) is 83.0 Å². The van der Waals surface area contributed by atoms with Gasteiger partial charge in [0.2, 0.25) is 5.91 Å². The second kappa shape index (κ2) is 9.76. The number of hydrogen-bond acceptors (Lipinski definition) is 9. The number of nitrogens with zero attached hydrogens (tertiary/aromatic N) is 2. The van der Waals surface area contributed by atoms with Crippen LogP contribution in [0.15, 0.2) is 6.07 Å². The maximum absolute atomic E-state index is 12.6. The van der Waals surface area contributed by atoms with E-state index in [1.54, 1.807) is 21.0 Å². The summed E-state index contributed by atoms with van der Waals surface area (Å²) in [5.74, 6) is 0.567. The number of hydrogen-bond donors (Lipinski definition) is 5. The normalized spacial score (nSPS) is 26.7. The molecule has 3 aliphatic heterocycles. The van der Waals surface area contributed by atoms with Crippen LogP contribution >= 0.6 is 0 Å². The molecule has 0 aromatic heterocycles. The smallest absolute Gasteiger partial charge is 0.236 e. The highest BCUT2D eigenvalue weighted by atomic mass is 16.5. The van der Waals surface area contributed by atoms with Gasteiger partial charge in [0.1, 0.15) is 5.75 Å². The average molecular weight is 541 g/mol. The number of nitrogens with one attached hydrogen (secondary N) is 1. The van der Waals surface area contributed by atoms with Gasteiger partial charge in [0.25, 0.3) is 0 Å². The van der Waals surface area contributed by atoms with E-state index in [1.165, 1.54) is 7.11 Å². The van der Waals surface area contributed by atoms with Gasteiger partial charge >= 0.3 is 0 Å². The van der Waals surface area contributed by atoms with E-state index in [4.69, 9.17) is 15.2 Å². The van der Waals surface area contributed by atoms with Gasteiger partial charge < -0.3 is 35.8 Å². The molecule has 0 aliphatic carbocycles. The third-order valence-corrected chi connectivity index (χ3v) is 9.20. The Morgan fingerprint density at radius 2 is 1.72 bits per heavy atom. The predicted molar refractivity (Wildman–Crippen MR) is 147 cm³/mol. The fraction of sp³-hybridized carbons (Fsp3) is 0.552. The van der Waals surface area contributed by atoms with E-state index < -0.39 is 12.1 Å². The molecule has 5 rings (SSSR count). The number of amides is 1. The zero-order valence-corrected chi connectivity index (χ0v) is 23.7. The molecule has 6 atom stereocenters. The third-order valence-electron chi connectivity index (χ3n) is 9.20. The molecule has 6 N–H and O–H groups in total. The van der Waals surface area contributed by atoms with Gasteiger partial charge in [-0.3, -0.25) is 14.6 Å². The van der Waals surface area contributed by atoms with Crippen LogP contribution in [0, 0.1) is 13.8 Å². The molecule has 0 saturated carbocycles. The molecule has 2 bridgehead atoms. The topological polar surface area (TPSA) is 141 Å². The third kappa shape index (κ3) is 3.91. The maximum atomic E-state index is 12.6. The first-order chi connectivity index (χ1) is 18.4. The standard InChI is InChI=1S/C29H40N4O6/c1-12-8-16-9-18-15(4)33-19(23(32(18)5)21(16)25(35)27(12)38-6)10-17-22(20(33)11-31-29(37)14(3)30)26(36)28(39-7)13(2)24(17)34/h8,14-15,18-20,23,34-36H,9-11,30H2,1-7H3,(H,31,37)/t14-,15-,18-,19?,20-,23-/m0/s1. The molecule has 2 aromatic carbocycles. The Balaban J connectivity index is 1.73. The summed E-state index contributed by atoms with van der Waals surface area (Å²) in [4.78, 5) is 17.2. The lowest BCUT2D eigenvalue weighted by molar-refractivity contribution is -0.123. The summed E-state index contributed by atoms with van der Waals surface area (Å²) in [6.45, 7) is 7.63. The SMILES string of the molecule is COc1c(C)cc2c(c1O)[C@@H]1C3Cc4c(O)c(C)c(OC)c(O)c4[C@H](CNC(=O)[C@H](C)N)N3[C@@H](C)[C@H](C2)N1C. The van der Waals surface area contributed by atoms with Crippen molar-refractivity contribution in [3.8, 4) is 28.7 Å². The zero-order chi connectivity index (χ0) is 28.5. The number of carbonyl (C=O) groups is 1. The molecule has 1 amide bonds. The van der Waals surface area contributed by atoms with Crippen LogP contribution in [0.25, 0.3) is 0 Å². The summed E-state index contributed by atoms with van der Waals surface area (Å²) in [5.41, 5.74) is 10.3. The van der Waals surface area contributed by atoms with Gasteiger partial charge in [-0.25, -0.2) is 0 Å². The zero-order valence-electron chi connectivity index (χ0n) is 23.7. The van der Waals surface area contributed by atoms with Crippen molar-refractivity contribution in [2.24, 2.45) is 5.73 Å².